The van der Waals surface area contributed by atoms with E-state index in [2.05, 4.69) is 28.8 Å². The minimum Gasteiger partial charge on any atom is -0.332 e. The molecule has 2 atom stereocenters. The van der Waals surface area contributed by atoms with Gasteiger partial charge in [0.25, 0.3) is 0 Å². The standard InChI is InChI=1S/C23H35N5O/c1-16(29)19-8-23(9-19)6-17(7-23)12-26(2)13-18-10-24-22(25-11-18)28-20-4-5-21(28)15-27(3)14-20/h10-11,17,19-21H,4-9,12-15H2,1-3H3. The van der Waals surface area contributed by atoms with E-state index in [1.54, 1.807) is 6.92 Å². The fraction of sp³-hybridized carbons (Fsp3) is 0.783. The van der Waals surface area contributed by atoms with E-state index in [-0.39, 0.29) is 0 Å². The lowest BCUT2D eigenvalue weighted by Crippen LogP contribution is -2.53. The molecule has 3 heterocycles. The Morgan fingerprint density at radius 3 is 2.34 bits per heavy atom. The molecular formula is C23H35N5O. The van der Waals surface area contributed by atoms with Gasteiger partial charge in [-0.15, -0.1) is 0 Å². The molecule has 2 aliphatic heterocycles. The number of aromatic nitrogens is 2. The first kappa shape index (κ1) is 19.4. The average Bonchev–Trinajstić information content (AvgIpc) is 2.87. The third kappa shape index (κ3) is 3.70. The Morgan fingerprint density at radius 1 is 1.14 bits per heavy atom. The summed E-state index contributed by atoms with van der Waals surface area (Å²) in [5, 5.41) is 0. The van der Waals surface area contributed by atoms with Gasteiger partial charge in [0.2, 0.25) is 5.95 Å². The molecular weight excluding hydrogens is 362 g/mol. The van der Waals surface area contributed by atoms with E-state index < -0.39 is 0 Å². The fourth-order valence-corrected chi connectivity index (χ4v) is 6.72. The Bertz CT molecular complexity index is 737. The normalized spacial score (nSPS) is 36.3. The highest BCUT2D eigenvalue weighted by atomic mass is 16.1. The number of Topliss-reactive ketones (excluding diaryl/α,β-unsaturated/α-hetero) is 1. The van der Waals surface area contributed by atoms with Crippen LogP contribution in [0, 0.1) is 17.3 Å². The van der Waals surface area contributed by atoms with Gasteiger partial charge < -0.3 is 14.7 Å². The molecule has 4 aliphatic rings. The molecule has 1 aromatic heterocycles. The van der Waals surface area contributed by atoms with Gasteiger partial charge in [-0.2, -0.15) is 0 Å². The maximum Gasteiger partial charge on any atom is 0.225 e. The van der Waals surface area contributed by atoms with Crippen LogP contribution in [0.25, 0.3) is 0 Å². The minimum absolute atomic E-state index is 0.361. The zero-order chi connectivity index (χ0) is 20.2. The van der Waals surface area contributed by atoms with Crippen LogP contribution in [0.3, 0.4) is 0 Å². The number of ketones is 1. The van der Waals surface area contributed by atoms with Crippen molar-refractivity contribution in [2.24, 2.45) is 17.3 Å². The highest BCUT2D eigenvalue weighted by Gasteiger charge is 2.53. The van der Waals surface area contributed by atoms with Crippen LogP contribution in [0.2, 0.25) is 0 Å². The van der Waals surface area contributed by atoms with Crippen molar-refractivity contribution < 1.29 is 4.79 Å². The van der Waals surface area contributed by atoms with Crippen LogP contribution < -0.4 is 4.90 Å². The summed E-state index contributed by atoms with van der Waals surface area (Å²) >= 11 is 0. The van der Waals surface area contributed by atoms with Gasteiger partial charge in [0.15, 0.2) is 0 Å². The monoisotopic (exact) mass is 397 g/mol. The van der Waals surface area contributed by atoms with Crippen molar-refractivity contribution >= 4 is 11.7 Å². The Hall–Kier alpha value is -1.53. The van der Waals surface area contributed by atoms with Gasteiger partial charge in [-0.05, 0) is 70.9 Å². The fourth-order valence-electron chi connectivity index (χ4n) is 6.72. The molecule has 0 amide bonds. The summed E-state index contributed by atoms with van der Waals surface area (Å²) in [6.45, 7) is 6.05. The van der Waals surface area contributed by atoms with E-state index in [0.717, 1.165) is 50.9 Å². The van der Waals surface area contributed by atoms with Crippen LogP contribution in [-0.2, 0) is 11.3 Å². The molecule has 0 aromatic carbocycles. The molecule has 1 aromatic rings. The third-order valence-corrected chi connectivity index (χ3v) is 7.99. The van der Waals surface area contributed by atoms with Crippen molar-refractivity contribution in [2.45, 2.75) is 64.1 Å². The number of rotatable bonds is 6. The molecule has 0 radical (unpaired) electrons. The lowest BCUT2D eigenvalue weighted by molar-refractivity contribution is -0.137. The Morgan fingerprint density at radius 2 is 1.76 bits per heavy atom. The van der Waals surface area contributed by atoms with Crippen LogP contribution >= 0.6 is 0 Å². The predicted molar refractivity (Wildman–Crippen MR) is 114 cm³/mol. The second-order valence-electron chi connectivity index (χ2n) is 10.6. The minimum atomic E-state index is 0.361. The van der Waals surface area contributed by atoms with Crippen molar-refractivity contribution in [3.8, 4) is 0 Å². The number of carbonyl (C=O) groups excluding carboxylic acids is 1. The van der Waals surface area contributed by atoms with Crippen LogP contribution in [-0.4, -0.2) is 71.4 Å². The number of piperazine rings is 1. The summed E-state index contributed by atoms with van der Waals surface area (Å²) in [6, 6.07) is 1.15. The summed E-state index contributed by atoms with van der Waals surface area (Å²) in [4.78, 5) is 28.3. The summed E-state index contributed by atoms with van der Waals surface area (Å²) < 4.78 is 0. The Kier molecular flexibility index (Phi) is 4.90. The summed E-state index contributed by atoms with van der Waals surface area (Å²) in [7, 11) is 4.43. The molecule has 2 aliphatic carbocycles. The first-order valence-corrected chi connectivity index (χ1v) is 11.4. The Labute approximate surface area is 174 Å². The van der Waals surface area contributed by atoms with Gasteiger partial charge in [-0.1, -0.05) is 0 Å². The van der Waals surface area contributed by atoms with Gasteiger partial charge in [0.05, 0.1) is 0 Å². The van der Waals surface area contributed by atoms with Crippen LogP contribution in [0.4, 0.5) is 5.95 Å². The van der Waals surface area contributed by atoms with Crippen LogP contribution in [0.1, 0.15) is 51.0 Å². The molecule has 2 bridgehead atoms. The quantitative estimate of drug-likeness (QED) is 0.735. The zero-order valence-corrected chi connectivity index (χ0v) is 18.2. The van der Waals surface area contributed by atoms with Crippen LogP contribution in [0.15, 0.2) is 12.4 Å². The molecule has 2 unspecified atom stereocenters. The number of fused-ring (bicyclic) bond motifs is 2. The second-order valence-corrected chi connectivity index (χ2v) is 10.6. The van der Waals surface area contributed by atoms with Gasteiger partial charge in [0, 0.05) is 62.1 Å². The topological polar surface area (TPSA) is 52.6 Å². The first-order chi connectivity index (χ1) is 13.9. The summed E-state index contributed by atoms with van der Waals surface area (Å²) in [6.07, 6.45) is 11.5. The highest BCUT2D eigenvalue weighted by Crippen LogP contribution is 2.61. The highest BCUT2D eigenvalue weighted by molar-refractivity contribution is 5.79. The van der Waals surface area contributed by atoms with Crippen molar-refractivity contribution in [3.63, 3.8) is 0 Å². The molecule has 158 valence electrons. The van der Waals surface area contributed by atoms with Crippen molar-refractivity contribution in [2.75, 3.05) is 38.6 Å². The van der Waals surface area contributed by atoms with Gasteiger partial charge in [-0.25, -0.2) is 9.97 Å². The average molecular weight is 398 g/mol. The largest absolute Gasteiger partial charge is 0.332 e. The molecule has 2 saturated carbocycles. The van der Waals surface area contributed by atoms with Crippen molar-refractivity contribution in [1.82, 2.24) is 19.8 Å². The number of hydrogen-bond acceptors (Lipinski definition) is 6. The van der Waals surface area contributed by atoms with E-state index in [4.69, 9.17) is 9.97 Å². The lowest BCUT2D eigenvalue weighted by atomic mass is 9.47. The molecule has 4 fully saturated rings. The van der Waals surface area contributed by atoms with Gasteiger partial charge in [0.1, 0.15) is 5.78 Å². The summed E-state index contributed by atoms with van der Waals surface area (Å²) in [5.41, 5.74) is 1.72. The van der Waals surface area contributed by atoms with Gasteiger partial charge >= 0.3 is 0 Å². The predicted octanol–water partition coefficient (Wildman–Crippen LogP) is 2.59. The number of likely N-dealkylation sites (tertiary alicyclic amines) is 1. The number of likely N-dealkylation sites (N-methyl/N-ethyl adjacent to an activating group) is 1. The van der Waals surface area contributed by atoms with Gasteiger partial charge in [-0.3, -0.25) is 4.79 Å². The zero-order valence-electron chi connectivity index (χ0n) is 18.2. The maximum absolute atomic E-state index is 11.5. The Balaban J connectivity index is 1.10. The van der Waals surface area contributed by atoms with E-state index >= 15 is 0 Å². The number of nitrogens with zero attached hydrogens (tertiary/aromatic N) is 5. The van der Waals surface area contributed by atoms with E-state index in [9.17, 15) is 4.79 Å². The van der Waals surface area contributed by atoms with E-state index in [1.165, 1.54) is 31.2 Å². The van der Waals surface area contributed by atoms with Crippen LogP contribution in [0.5, 0.6) is 0 Å². The molecule has 0 N–H and O–H groups in total. The van der Waals surface area contributed by atoms with E-state index in [0.29, 0.717) is 29.2 Å². The molecule has 6 nitrogen and oxygen atoms in total. The van der Waals surface area contributed by atoms with Crippen molar-refractivity contribution in [1.29, 1.82) is 0 Å². The number of carbonyl (C=O) groups is 1. The smallest absolute Gasteiger partial charge is 0.225 e. The number of hydrogen-bond donors (Lipinski definition) is 0. The summed E-state index contributed by atoms with van der Waals surface area (Å²) in [5.74, 6) is 2.46. The molecule has 2 saturated heterocycles. The lowest BCUT2D eigenvalue weighted by Gasteiger charge is -2.58. The molecule has 6 heteroatoms. The molecule has 29 heavy (non-hydrogen) atoms. The molecule has 1 spiro atoms. The SMILES string of the molecule is CC(=O)C1CC2(CC(CN(C)Cc3cnc(N4C5CCC4CN(C)C5)nc3)C2)C1. The first-order valence-electron chi connectivity index (χ1n) is 11.4. The third-order valence-electron chi connectivity index (χ3n) is 7.99. The van der Waals surface area contributed by atoms with E-state index in [1.807, 2.05) is 12.4 Å². The second kappa shape index (κ2) is 7.31. The molecule has 5 rings (SSSR count). The maximum atomic E-state index is 11.5. The van der Waals surface area contributed by atoms with Crippen molar-refractivity contribution in [3.05, 3.63) is 18.0 Å². The number of anilines is 1.